The highest BCUT2D eigenvalue weighted by Crippen LogP contribution is 2.32. The molecule has 3 rings (SSSR count). The van der Waals surface area contributed by atoms with Gasteiger partial charge in [0.1, 0.15) is 11.9 Å². The molecule has 6 nitrogen and oxygen atoms in total. The predicted molar refractivity (Wildman–Crippen MR) is 84.2 cm³/mol. The standard InChI is InChI=1S/C17H20FN3O3/c1-10-5-13(11(2)14(6-19)16(10)18)15-8-20-3-4-21(17(22)23)7-12(20)9-24-15/h5,12,15H,3-4,7-9H2,1-2H3,(H,22,23). The molecule has 2 saturated heterocycles. The van der Waals surface area contributed by atoms with Gasteiger partial charge < -0.3 is 14.7 Å². The van der Waals surface area contributed by atoms with E-state index >= 15 is 0 Å². The van der Waals surface area contributed by atoms with E-state index in [-0.39, 0.29) is 17.7 Å². The van der Waals surface area contributed by atoms with Crippen LogP contribution in [-0.4, -0.2) is 59.8 Å². The summed E-state index contributed by atoms with van der Waals surface area (Å²) >= 11 is 0. The van der Waals surface area contributed by atoms with Gasteiger partial charge in [-0.2, -0.15) is 5.26 Å². The molecule has 0 saturated carbocycles. The summed E-state index contributed by atoms with van der Waals surface area (Å²) in [5.41, 5.74) is 1.97. The summed E-state index contributed by atoms with van der Waals surface area (Å²) in [5, 5.41) is 18.3. The molecule has 128 valence electrons. The zero-order valence-electron chi connectivity index (χ0n) is 13.8. The fourth-order valence-electron chi connectivity index (χ4n) is 3.52. The first-order valence-corrected chi connectivity index (χ1v) is 7.95. The van der Waals surface area contributed by atoms with Crippen molar-refractivity contribution < 1.29 is 19.0 Å². The molecule has 0 aliphatic carbocycles. The van der Waals surface area contributed by atoms with Crippen LogP contribution in [0.25, 0.3) is 0 Å². The van der Waals surface area contributed by atoms with Gasteiger partial charge in [-0.1, -0.05) is 6.07 Å². The minimum Gasteiger partial charge on any atom is -0.465 e. The fourth-order valence-corrected chi connectivity index (χ4v) is 3.52. The van der Waals surface area contributed by atoms with Crippen molar-refractivity contribution in [3.05, 3.63) is 34.1 Å². The molecular weight excluding hydrogens is 313 g/mol. The lowest BCUT2D eigenvalue weighted by molar-refractivity contribution is -0.0868. The number of ether oxygens (including phenoxy) is 1. The normalized spacial score (nSPS) is 24.3. The zero-order chi connectivity index (χ0) is 17.4. The van der Waals surface area contributed by atoms with E-state index in [1.54, 1.807) is 19.9 Å². The van der Waals surface area contributed by atoms with Crippen LogP contribution in [0.15, 0.2) is 6.07 Å². The first-order valence-electron chi connectivity index (χ1n) is 7.95. The van der Waals surface area contributed by atoms with Crippen molar-refractivity contribution in [2.24, 2.45) is 0 Å². The molecule has 0 bridgehead atoms. The van der Waals surface area contributed by atoms with Crippen LogP contribution in [0.3, 0.4) is 0 Å². The van der Waals surface area contributed by atoms with Crippen LogP contribution in [0.2, 0.25) is 0 Å². The van der Waals surface area contributed by atoms with E-state index in [9.17, 15) is 14.4 Å². The molecule has 1 N–H and O–H groups in total. The van der Waals surface area contributed by atoms with Crippen molar-refractivity contribution in [2.75, 3.05) is 32.8 Å². The smallest absolute Gasteiger partial charge is 0.407 e. The van der Waals surface area contributed by atoms with E-state index in [0.717, 1.165) is 5.56 Å². The van der Waals surface area contributed by atoms with Crippen molar-refractivity contribution in [1.82, 2.24) is 9.80 Å². The van der Waals surface area contributed by atoms with Gasteiger partial charge in [0.25, 0.3) is 0 Å². The summed E-state index contributed by atoms with van der Waals surface area (Å²) in [6.45, 7) is 6.00. The number of halogens is 1. The van der Waals surface area contributed by atoms with Gasteiger partial charge in [-0.3, -0.25) is 4.90 Å². The quantitative estimate of drug-likeness (QED) is 0.851. The average Bonchev–Trinajstić information content (AvgIpc) is 2.57. The predicted octanol–water partition coefficient (Wildman–Crippen LogP) is 2.05. The summed E-state index contributed by atoms with van der Waals surface area (Å²) in [6, 6.07) is 3.74. The number of amides is 1. The summed E-state index contributed by atoms with van der Waals surface area (Å²) in [4.78, 5) is 14.7. The third-order valence-electron chi connectivity index (χ3n) is 4.97. The first kappa shape index (κ1) is 16.7. The van der Waals surface area contributed by atoms with Crippen molar-refractivity contribution in [2.45, 2.75) is 26.0 Å². The number of benzene rings is 1. The van der Waals surface area contributed by atoms with Crippen molar-refractivity contribution in [3.63, 3.8) is 0 Å². The van der Waals surface area contributed by atoms with Gasteiger partial charge in [0.05, 0.1) is 24.3 Å². The van der Waals surface area contributed by atoms with E-state index in [1.807, 2.05) is 6.07 Å². The molecule has 2 heterocycles. The van der Waals surface area contributed by atoms with Gasteiger partial charge in [0.15, 0.2) is 0 Å². The number of nitriles is 1. The molecule has 2 aliphatic heterocycles. The van der Waals surface area contributed by atoms with Crippen molar-refractivity contribution in [3.8, 4) is 6.07 Å². The number of carboxylic acid groups (broad SMARTS) is 1. The molecule has 2 unspecified atom stereocenters. The third kappa shape index (κ3) is 2.83. The molecule has 2 atom stereocenters. The summed E-state index contributed by atoms with van der Waals surface area (Å²) in [6.07, 6.45) is -1.13. The Labute approximate surface area is 140 Å². The van der Waals surface area contributed by atoms with E-state index in [2.05, 4.69) is 4.90 Å². The number of hydrogen-bond donors (Lipinski definition) is 1. The van der Waals surface area contributed by atoms with E-state index in [1.165, 1.54) is 4.90 Å². The monoisotopic (exact) mass is 333 g/mol. The maximum atomic E-state index is 14.1. The van der Waals surface area contributed by atoms with Crippen molar-refractivity contribution in [1.29, 1.82) is 5.26 Å². The highest BCUT2D eigenvalue weighted by molar-refractivity contribution is 5.65. The molecule has 2 aliphatic rings. The first-order chi connectivity index (χ1) is 11.4. The lowest BCUT2D eigenvalue weighted by Gasteiger charge is -2.45. The van der Waals surface area contributed by atoms with Crippen LogP contribution in [0.1, 0.15) is 28.4 Å². The molecule has 24 heavy (non-hydrogen) atoms. The number of nitrogens with zero attached hydrogens (tertiary/aromatic N) is 3. The van der Waals surface area contributed by atoms with Gasteiger partial charge in [-0.05, 0) is 30.5 Å². The number of fused-ring (bicyclic) bond motifs is 1. The largest absolute Gasteiger partial charge is 0.465 e. The highest BCUT2D eigenvalue weighted by atomic mass is 19.1. The van der Waals surface area contributed by atoms with Gasteiger partial charge in [-0.25, -0.2) is 9.18 Å². The summed E-state index contributed by atoms with van der Waals surface area (Å²) in [7, 11) is 0. The molecule has 1 aromatic carbocycles. The second kappa shape index (κ2) is 6.38. The Morgan fingerprint density at radius 1 is 1.42 bits per heavy atom. The fraction of sp³-hybridized carbons (Fsp3) is 0.529. The van der Waals surface area contributed by atoms with Gasteiger partial charge in [-0.15, -0.1) is 0 Å². The lowest BCUT2D eigenvalue weighted by Crippen LogP contribution is -2.59. The van der Waals surface area contributed by atoms with Crippen molar-refractivity contribution >= 4 is 6.09 Å². The molecule has 7 heteroatoms. The maximum absolute atomic E-state index is 14.1. The number of aryl methyl sites for hydroxylation is 1. The average molecular weight is 333 g/mol. The van der Waals surface area contributed by atoms with E-state index in [4.69, 9.17) is 9.84 Å². The zero-order valence-corrected chi connectivity index (χ0v) is 13.8. The Bertz CT molecular complexity index is 716. The second-order valence-corrected chi connectivity index (χ2v) is 6.41. The molecule has 1 amide bonds. The summed E-state index contributed by atoms with van der Waals surface area (Å²) in [5.74, 6) is -0.470. The Kier molecular flexibility index (Phi) is 4.43. The van der Waals surface area contributed by atoms with Crippen LogP contribution >= 0.6 is 0 Å². The maximum Gasteiger partial charge on any atom is 0.407 e. The van der Waals surface area contributed by atoms with Crippen LogP contribution in [0.5, 0.6) is 0 Å². The molecule has 1 aromatic rings. The molecule has 0 aromatic heterocycles. The van der Waals surface area contributed by atoms with Crippen LogP contribution < -0.4 is 0 Å². The minimum absolute atomic E-state index is 0.0448. The van der Waals surface area contributed by atoms with Gasteiger partial charge >= 0.3 is 6.09 Å². The number of carbonyl (C=O) groups is 1. The van der Waals surface area contributed by atoms with Crippen LogP contribution in [-0.2, 0) is 4.74 Å². The minimum atomic E-state index is -0.902. The molecule has 2 fully saturated rings. The second-order valence-electron chi connectivity index (χ2n) is 6.41. The number of hydrogen-bond acceptors (Lipinski definition) is 4. The molecular formula is C17H20FN3O3. The third-order valence-corrected chi connectivity index (χ3v) is 4.97. The SMILES string of the molecule is Cc1cc(C2CN3CCN(C(=O)O)CC3CO2)c(C)c(C#N)c1F. The lowest BCUT2D eigenvalue weighted by atomic mass is 9.94. The Morgan fingerprint density at radius 3 is 2.83 bits per heavy atom. The number of piperazine rings is 1. The molecule has 0 spiro atoms. The summed E-state index contributed by atoms with van der Waals surface area (Å²) < 4.78 is 20.0. The highest BCUT2D eigenvalue weighted by Gasteiger charge is 2.36. The van der Waals surface area contributed by atoms with Crippen LogP contribution in [0, 0.1) is 31.0 Å². The number of rotatable bonds is 1. The Morgan fingerprint density at radius 2 is 2.17 bits per heavy atom. The van der Waals surface area contributed by atoms with Gasteiger partial charge in [0.2, 0.25) is 0 Å². The van der Waals surface area contributed by atoms with E-state index in [0.29, 0.717) is 43.9 Å². The number of morpholine rings is 1. The van der Waals surface area contributed by atoms with E-state index < -0.39 is 11.9 Å². The Balaban J connectivity index is 1.81. The Hall–Kier alpha value is -2.17. The topological polar surface area (TPSA) is 76.8 Å². The van der Waals surface area contributed by atoms with Crippen LogP contribution in [0.4, 0.5) is 9.18 Å². The van der Waals surface area contributed by atoms with Gasteiger partial charge in [0, 0.05) is 26.2 Å². The molecule has 0 radical (unpaired) electrons.